The lowest BCUT2D eigenvalue weighted by atomic mass is 9.48. The third-order valence-corrected chi connectivity index (χ3v) is 7.39. The van der Waals surface area contributed by atoms with Gasteiger partial charge < -0.3 is 5.32 Å². The van der Waals surface area contributed by atoms with Gasteiger partial charge in [-0.05, 0) is 81.5 Å². The van der Waals surface area contributed by atoms with Gasteiger partial charge in [0.25, 0.3) is 0 Å². The fraction of sp³-hybridized carbons (Fsp3) is 0.882. The minimum Gasteiger partial charge on any atom is -0.357 e. The molecule has 1 heterocycles. The van der Waals surface area contributed by atoms with E-state index in [-0.39, 0.29) is 0 Å². The molecule has 1 aromatic rings. The first-order chi connectivity index (χ1) is 10.2. The fourth-order valence-electron chi connectivity index (χ4n) is 5.85. The number of hydrogen-bond donors (Lipinski definition) is 1. The van der Waals surface area contributed by atoms with Crippen molar-refractivity contribution < 1.29 is 0 Å². The monoisotopic (exact) mass is 303 g/mol. The van der Waals surface area contributed by atoms with E-state index in [1.165, 1.54) is 51.4 Å². The lowest BCUT2D eigenvalue weighted by molar-refractivity contribution is -0.0602. The molecule has 4 heteroatoms. The predicted octanol–water partition coefficient (Wildman–Crippen LogP) is 4.43. The van der Waals surface area contributed by atoms with Crippen molar-refractivity contribution in [3.8, 4) is 0 Å². The summed E-state index contributed by atoms with van der Waals surface area (Å²) >= 11 is 1.58. The van der Waals surface area contributed by atoms with Crippen LogP contribution in [0, 0.1) is 23.2 Å². The molecule has 3 nitrogen and oxygen atoms in total. The molecule has 114 valence electrons. The summed E-state index contributed by atoms with van der Waals surface area (Å²) in [5, 5.41) is 4.82. The van der Waals surface area contributed by atoms with Gasteiger partial charge in [0.15, 0.2) is 0 Å². The van der Waals surface area contributed by atoms with Crippen molar-refractivity contribution in [1.82, 2.24) is 9.36 Å². The van der Waals surface area contributed by atoms with Crippen LogP contribution in [0.4, 0.5) is 5.13 Å². The van der Waals surface area contributed by atoms with Crippen molar-refractivity contribution in [2.45, 2.75) is 70.3 Å². The van der Waals surface area contributed by atoms with Crippen LogP contribution in [0.2, 0.25) is 0 Å². The summed E-state index contributed by atoms with van der Waals surface area (Å²) in [6, 6.07) is 0.561. The van der Waals surface area contributed by atoms with Gasteiger partial charge in [0.2, 0.25) is 5.13 Å². The Morgan fingerprint density at radius 3 is 2.29 bits per heavy atom. The van der Waals surface area contributed by atoms with Gasteiger partial charge in [0.05, 0.1) is 0 Å². The van der Waals surface area contributed by atoms with Crippen molar-refractivity contribution in [3.05, 3.63) is 5.82 Å². The second-order valence-corrected chi connectivity index (χ2v) is 9.13. The van der Waals surface area contributed by atoms with E-state index >= 15 is 0 Å². The molecule has 4 bridgehead atoms. The number of nitrogens with one attached hydrogen (secondary N) is 1. The molecule has 1 atom stereocenters. The van der Waals surface area contributed by atoms with Crippen LogP contribution in [0.5, 0.6) is 0 Å². The summed E-state index contributed by atoms with van der Waals surface area (Å²) in [7, 11) is 0. The highest BCUT2D eigenvalue weighted by atomic mass is 32.1. The molecule has 0 aliphatic heterocycles. The molecule has 5 aliphatic rings. The Morgan fingerprint density at radius 1 is 1.10 bits per heavy atom. The summed E-state index contributed by atoms with van der Waals surface area (Å²) in [4.78, 5) is 4.74. The van der Waals surface area contributed by atoms with Crippen molar-refractivity contribution in [2.24, 2.45) is 23.2 Å². The quantitative estimate of drug-likeness (QED) is 0.894. The first kappa shape index (κ1) is 12.9. The largest absolute Gasteiger partial charge is 0.357 e. The Hall–Kier alpha value is -0.640. The van der Waals surface area contributed by atoms with Gasteiger partial charge >= 0.3 is 0 Å². The van der Waals surface area contributed by atoms with Crippen LogP contribution in [0.25, 0.3) is 0 Å². The Labute approximate surface area is 131 Å². The van der Waals surface area contributed by atoms with Crippen molar-refractivity contribution in [1.29, 1.82) is 0 Å². The molecule has 0 spiro atoms. The van der Waals surface area contributed by atoms with Crippen LogP contribution in [0.1, 0.15) is 70.0 Å². The zero-order valence-corrected chi connectivity index (χ0v) is 13.7. The molecular formula is C17H25N3S. The Bertz CT molecular complexity index is 513. The topological polar surface area (TPSA) is 37.8 Å². The number of anilines is 1. The summed E-state index contributed by atoms with van der Waals surface area (Å²) in [5.41, 5.74) is 0.556. The average Bonchev–Trinajstić information content (AvgIpc) is 3.18. The molecule has 1 aromatic heterocycles. The summed E-state index contributed by atoms with van der Waals surface area (Å²) in [6.07, 6.45) is 11.5. The van der Waals surface area contributed by atoms with Crippen LogP contribution in [0.15, 0.2) is 0 Å². The maximum atomic E-state index is 4.74. The van der Waals surface area contributed by atoms with Gasteiger partial charge in [-0.2, -0.15) is 4.37 Å². The molecule has 1 unspecified atom stereocenters. The normalized spacial score (nSPS) is 42.2. The summed E-state index contributed by atoms with van der Waals surface area (Å²) < 4.78 is 4.55. The minimum atomic E-state index is 0.556. The van der Waals surface area contributed by atoms with E-state index in [0.29, 0.717) is 17.4 Å². The van der Waals surface area contributed by atoms with Gasteiger partial charge in [0, 0.05) is 23.5 Å². The van der Waals surface area contributed by atoms with E-state index in [0.717, 1.165) is 28.7 Å². The lowest BCUT2D eigenvalue weighted by Crippen LogP contribution is -2.52. The second kappa shape index (κ2) is 4.43. The SMILES string of the molecule is CC(Nc1nc(C2CC2)ns1)C12CC3CC(CC(C3)C1)C2. The van der Waals surface area contributed by atoms with Crippen LogP contribution in [0.3, 0.4) is 0 Å². The van der Waals surface area contributed by atoms with Crippen molar-refractivity contribution in [3.63, 3.8) is 0 Å². The van der Waals surface area contributed by atoms with Crippen molar-refractivity contribution >= 4 is 16.7 Å². The van der Waals surface area contributed by atoms with Gasteiger partial charge in [-0.25, -0.2) is 4.98 Å². The minimum absolute atomic E-state index is 0.556. The van der Waals surface area contributed by atoms with Crippen LogP contribution in [-0.2, 0) is 0 Å². The third-order valence-electron chi connectivity index (χ3n) is 6.73. The zero-order chi connectivity index (χ0) is 14.0. The zero-order valence-electron chi connectivity index (χ0n) is 12.8. The summed E-state index contributed by atoms with van der Waals surface area (Å²) in [6.45, 7) is 2.41. The fourth-order valence-corrected chi connectivity index (χ4v) is 6.58. The number of nitrogens with zero attached hydrogens (tertiary/aromatic N) is 2. The number of hydrogen-bond acceptors (Lipinski definition) is 4. The molecule has 21 heavy (non-hydrogen) atoms. The third kappa shape index (κ3) is 2.13. The average molecular weight is 303 g/mol. The maximum Gasteiger partial charge on any atom is 0.202 e. The molecule has 0 aromatic carbocycles. The smallest absolute Gasteiger partial charge is 0.202 e. The number of rotatable bonds is 4. The van der Waals surface area contributed by atoms with E-state index in [9.17, 15) is 0 Å². The van der Waals surface area contributed by atoms with Gasteiger partial charge in [-0.15, -0.1) is 0 Å². The van der Waals surface area contributed by atoms with Crippen molar-refractivity contribution in [2.75, 3.05) is 5.32 Å². The molecule has 6 rings (SSSR count). The van der Waals surface area contributed by atoms with E-state index in [1.807, 2.05) is 0 Å². The molecule has 5 aliphatic carbocycles. The molecule has 0 saturated heterocycles. The Kier molecular flexibility index (Phi) is 2.72. The van der Waals surface area contributed by atoms with E-state index in [4.69, 9.17) is 4.98 Å². The molecule has 5 saturated carbocycles. The predicted molar refractivity (Wildman–Crippen MR) is 85.6 cm³/mol. The van der Waals surface area contributed by atoms with E-state index < -0.39 is 0 Å². The Morgan fingerprint density at radius 2 is 1.71 bits per heavy atom. The van der Waals surface area contributed by atoms with Gasteiger partial charge in [-0.1, -0.05) is 0 Å². The highest BCUT2D eigenvalue weighted by molar-refractivity contribution is 7.09. The van der Waals surface area contributed by atoms with Gasteiger partial charge in [-0.3, -0.25) is 0 Å². The number of aromatic nitrogens is 2. The molecule has 0 radical (unpaired) electrons. The van der Waals surface area contributed by atoms with E-state index in [2.05, 4.69) is 16.6 Å². The van der Waals surface area contributed by atoms with Crippen LogP contribution < -0.4 is 5.32 Å². The maximum absolute atomic E-state index is 4.74. The highest BCUT2D eigenvalue weighted by Gasteiger charge is 2.53. The van der Waals surface area contributed by atoms with E-state index in [1.54, 1.807) is 11.5 Å². The molecule has 0 amide bonds. The lowest BCUT2D eigenvalue weighted by Gasteiger charge is -2.59. The second-order valence-electron chi connectivity index (χ2n) is 8.38. The van der Waals surface area contributed by atoms with Crippen LogP contribution >= 0.6 is 11.5 Å². The summed E-state index contributed by atoms with van der Waals surface area (Å²) in [5.74, 6) is 4.85. The Balaban J connectivity index is 1.34. The van der Waals surface area contributed by atoms with Crippen LogP contribution in [-0.4, -0.2) is 15.4 Å². The highest BCUT2D eigenvalue weighted by Crippen LogP contribution is 2.61. The molecule has 1 N–H and O–H groups in total. The first-order valence-corrected chi connectivity index (χ1v) is 9.58. The molecular weight excluding hydrogens is 278 g/mol. The first-order valence-electron chi connectivity index (χ1n) is 8.80. The standard InChI is InChI=1S/C17H25N3S/c1-10(18-16-19-15(20-21-16)14-2-3-14)17-7-11-4-12(8-17)6-13(5-11)9-17/h10-14H,2-9H2,1H3,(H,18,19,20). The molecule has 5 fully saturated rings. The van der Waals surface area contributed by atoms with Gasteiger partial charge in [0.1, 0.15) is 5.82 Å².